The average molecular weight is 414 g/mol. The minimum atomic E-state index is -2.79. The lowest BCUT2D eigenvalue weighted by Gasteiger charge is -2.16. The summed E-state index contributed by atoms with van der Waals surface area (Å²) in [7, 11) is -2.79. The number of nitrogens with one attached hydrogen (secondary N) is 3. The zero-order valence-electron chi connectivity index (χ0n) is 22.2. The van der Waals surface area contributed by atoms with Gasteiger partial charge in [-0.3, -0.25) is 14.3 Å². The first kappa shape index (κ1) is 13.6. The summed E-state index contributed by atoms with van der Waals surface area (Å²) in [6.45, 7) is -0.487. The quantitative estimate of drug-likeness (QED) is 0.548. The van der Waals surface area contributed by atoms with E-state index in [9.17, 15) is 9.59 Å². The summed E-state index contributed by atoms with van der Waals surface area (Å²) in [5.41, 5.74) is 0.542. The van der Waals surface area contributed by atoms with Gasteiger partial charge >= 0.3 is 0 Å². The van der Waals surface area contributed by atoms with Gasteiger partial charge < -0.3 is 20.7 Å². The fourth-order valence-corrected chi connectivity index (χ4v) is 3.18. The first-order chi connectivity index (χ1) is 16.8. The number of methoxy groups -OCH3 is 1. The predicted octanol–water partition coefficient (Wildman–Crippen LogP) is 2.91. The molecule has 1 aliphatic rings. The van der Waals surface area contributed by atoms with Gasteiger partial charge in [0.15, 0.2) is 5.75 Å². The molecule has 0 atom stereocenters. The molecule has 9 heteroatoms. The Labute approximate surface area is 182 Å². The van der Waals surface area contributed by atoms with Crippen LogP contribution in [0.2, 0.25) is 0 Å². The minimum Gasteiger partial charge on any atom is -0.492 e. The highest BCUT2D eigenvalue weighted by Gasteiger charge is 2.30. The van der Waals surface area contributed by atoms with Crippen LogP contribution in [0.15, 0.2) is 30.6 Å². The number of benzene rings is 1. The zero-order valence-corrected chi connectivity index (χ0v) is 16.2. The van der Waals surface area contributed by atoms with Crippen molar-refractivity contribution in [3.05, 3.63) is 36.2 Å². The van der Waals surface area contributed by atoms with Crippen molar-refractivity contribution in [3.63, 3.8) is 0 Å². The monoisotopic (exact) mass is 414 g/mol. The van der Waals surface area contributed by atoms with E-state index in [1.807, 2.05) is 12.2 Å². The number of nitrogens with zero attached hydrogens (tertiary/aromatic N) is 3. The number of pyridine rings is 1. The summed E-state index contributed by atoms with van der Waals surface area (Å²) in [6.07, 6.45) is 4.25. The van der Waals surface area contributed by atoms with E-state index >= 15 is 0 Å². The van der Waals surface area contributed by atoms with E-state index in [1.54, 1.807) is 23.0 Å². The number of fused-ring (bicyclic) bond motifs is 1. The molecule has 1 aliphatic carbocycles. The molecule has 2 heterocycles. The summed E-state index contributed by atoms with van der Waals surface area (Å²) < 4.78 is 51.9. The van der Waals surface area contributed by atoms with Gasteiger partial charge in [-0.25, -0.2) is 4.98 Å². The zero-order chi connectivity index (χ0) is 26.3. The maximum absolute atomic E-state index is 12.7. The second kappa shape index (κ2) is 8.02. The standard InChI is InChI=1S/C21H24N6O3/c1-4-27-18-13(10-24-27)7-8-15(19(18)30-3)25-16-9-17(26-20(28)12-5-6-12)23-11-14(16)21(29)22-2/h7-12H,4-6H2,1-3H3,(H,22,29)(H2,23,25,26,28)/i2D3,3D3. The van der Waals surface area contributed by atoms with E-state index in [1.165, 1.54) is 6.07 Å². The van der Waals surface area contributed by atoms with Crippen LogP contribution < -0.4 is 20.7 Å². The summed E-state index contributed by atoms with van der Waals surface area (Å²) in [5, 5.41) is 12.4. The molecule has 156 valence electrons. The van der Waals surface area contributed by atoms with Crippen LogP contribution in [0.3, 0.4) is 0 Å². The number of anilines is 3. The van der Waals surface area contributed by atoms with Crippen LogP contribution in [0.5, 0.6) is 5.75 Å². The van der Waals surface area contributed by atoms with Crippen molar-refractivity contribution < 1.29 is 22.6 Å². The minimum absolute atomic E-state index is 0.0330. The molecule has 30 heavy (non-hydrogen) atoms. The number of carbonyl (C=O) groups is 2. The van der Waals surface area contributed by atoms with Crippen molar-refractivity contribution in [1.29, 1.82) is 0 Å². The van der Waals surface area contributed by atoms with Gasteiger partial charge in [0.25, 0.3) is 5.91 Å². The molecule has 0 bridgehead atoms. The SMILES string of the molecule is [2H]C([2H])([2H])NC(=O)c1cnc(NC(=O)C2CC2)cc1Nc1ccc2cnn(CC)c2c1OC([2H])([2H])[2H]. The first-order valence-corrected chi connectivity index (χ1v) is 9.42. The Hall–Kier alpha value is -3.62. The van der Waals surface area contributed by atoms with Crippen LogP contribution in [-0.4, -0.2) is 40.6 Å². The summed E-state index contributed by atoms with van der Waals surface area (Å²) in [6, 6.07) is 4.62. The van der Waals surface area contributed by atoms with Gasteiger partial charge in [0.1, 0.15) is 11.3 Å². The highest BCUT2D eigenvalue weighted by Crippen LogP contribution is 2.37. The lowest BCUT2D eigenvalue weighted by Crippen LogP contribution is -2.20. The van der Waals surface area contributed by atoms with Crippen molar-refractivity contribution >= 4 is 39.9 Å². The topological polar surface area (TPSA) is 110 Å². The fourth-order valence-electron chi connectivity index (χ4n) is 3.18. The van der Waals surface area contributed by atoms with E-state index in [4.69, 9.17) is 13.0 Å². The number of aryl methyl sites for hydroxylation is 1. The number of ether oxygens (including phenoxy) is 1. The molecule has 0 radical (unpaired) electrons. The largest absolute Gasteiger partial charge is 0.492 e. The molecule has 2 aromatic heterocycles. The van der Waals surface area contributed by atoms with Crippen LogP contribution >= 0.6 is 0 Å². The van der Waals surface area contributed by atoms with Crippen molar-refractivity contribution in [2.24, 2.45) is 5.92 Å². The molecule has 3 N–H and O–H groups in total. The van der Waals surface area contributed by atoms with Gasteiger partial charge in [-0.05, 0) is 31.9 Å². The van der Waals surface area contributed by atoms with Gasteiger partial charge in [-0.15, -0.1) is 0 Å². The van der Waals surface area contributed by atoms with E-state index in [0.717, 1.165) is 19.0 Å². The lowest BCUT2D eigenvalue weighted by molar-refractivity contribution is -0.117. The summed E-state index contributed by atoms with van der Waals surface area (Å²) in [4.78, 5) is 29.0. The van der Waals surface area contributed by atoms with Crippen LogP contribution in [0.4, 0.5) is 17.2 Å². The van der Waals surface area contributed by atoms with E-state index in [-0.39, 0.29) is 40.3 Å². The number of hydrogen-bond donors (Lipinski definition) is 3. The van der Waals surface area contributed by atoms with Gasteiger partial charge in [0, 0.05) is 41.2 Å². The normalized spacial score (nSPS) is 17.0. The summed E-state index contributed by atoms with van der Waals surface area (Å²) in [5.74, 6) is -1.15. The van der Waals surface area contributed by atoms with E-state index in [2.05, 4.69) is 20.7 Å². The van der Waals surface area contributed by atoms with Crippen molar-refractivity contribution in [2.75, 3.05) is 24.6 Å². The number of carbonyl (C=O) groups excluding carboxylic acids is 2. The Morgan fingerprint density at radius 3 is 2.90 bits per heavy atom. The molecule has 9 nitrogen and oxygen atoms in total. The van der Waals surface area contributed by atoms with Crippen LogP contribution in [0.1, 0.15) is 38.3 Å². The molecule has 1 saturated carbocycles. The highest BCUT2D eigenvalue weighted by molar-refractivity contribution is 6.02. The second-order valence-electron chi connectivity index (χ2n) is 6.90. The number of aromatic nitrogens is 3. The number of hydrogen-bond acceptors (Lipinski definition) is 6. The fraction of sp³-hybridized carbons (Fsp3) is 0.333. The van der Waals surface area contributed by atoms with Crippen molar-refractivity contribution in [2.45, 2.75) is 26.3 Å². The van der Waals surface area contributed by atoms with Crippen LogP contribution in [0.25, 0.3) is 10.9 Å². The van der Waals surface area contributed by atoms with E-state index < -0.39 is 19.9 Å². The lowest BCUT2D eigenvalue weighted by atomic mass is 10.1. The highest BCUT2D eigenvalue weighted by atomic mass is 16.5. The summed E-state index contributed by atoms with van der Waals surface area (Å²) >= 11 is 0. The van der Waals surface area contributed by atoms with Gasteiger partial charge in [-0.2, -0.15) is 5.10 Å². The molecule has 0 aliphatic heterocycles. The Morgan fingerprint density at radius 1 is 1.30 bits per heavy atom. The third-order valence-electron chi connectivity index (χ3n) is 4.89. The molecule has 1 aromatic carbocycles. The first-order valence-electron chi connectivity index (χ1n) is 12.4. The van der Waals surface area contributed by atoms with Gasteiger partial charge in [0.2, 0.25) is 5.91 Å². The smallest absolute Gasteiger partial charge is 0.254 e. The predicted molar refractivity (Wildman–Crippen MR) is 114 cm³/mol. The third kappa shape index (κ3) is 3.66. The van der Waals surface area contributed by atoms with Gasteiger partial charge in [-0.1, -0.05) is 0 Å². The Balaban J connectivity index is 1.80. The molecule has 2 amide bonds. The molecule has 0 spiro atoms. The Kier molecular flexibility index (Phi) is 3.63. The van der Waals surface area contributed by atoms with Crippen molar-refractivity contribution in [3.8, 4) is 5.75 Å². The second-order valence-corrected chi connectivity index (χ2v) is 6.90. The molecule has 0 unspecified atom stereocenters. The molecule has 1 fully saturated rings. The molecule has 4 rings (SSSR count). The average Bonchev–Trinajstić information content (AvgIpc) is 3.53. The number of amides is 2. The van der Waals surface area contributed by atoms with Crippen LogP contribution in [-0.2, 0) is 11.3 Å². The maximum atomic E-state index is 12.7. The molecular formula is C21H24N6O3. The maximum Gasteiger partial charge on any atom is 0.254 e. The van der Waals surface area contributed by atoms with Crippen LogP contribution in [0, 0.1) is 5.92 Å². The van der Waals surface area contributed by atoms with Crippen molar-refractivity contribution in [1.82, 2.24) is 20.1 Å². The number of rotatable bonds is 7. The third-order valence-corrected chi connectivity index (χ3v) is 4.89. The van der Waals surface area contributed by atoms with E-state index in [0.29, 0.717) is 17.4 Å². The Morgan fingerprint density at radius 2 is 2.17 bits per heavy atom. The Bertz CT molecular complexity index is 1320. The molecular weight excluding hydrogens is 384 g/mol. The van der Waals surface area contributed by atoms with Gasteiger partial charge in [0.05, 0.1) is 34.3 Å². The molecule has 3 aromatic rings. The molecule has 0 saturated heterocycles.